The maximum atomic E-state index is 5.77. The monoisotopic (exact) mass is 275 g/mol. The van der Waals surface area contributed by atoms with Gasteiger partial charge in [-0.15, -0.1) is 5.10 Å². The highest BCUT2D eigenvalue weighted by Crippen LogP contribution is 2.27. The minimum absolute atomic E-state index is 0.528. The van der Waals surface area contributed by atoms with Gasteiger partial charge in [0.25, 0.3) is 0 Å². The maximum absolute atomic E-state index is 5.77. The van der Waals surface area contributed by atoms with E-state index in [1.54, 1.807) is 0 Å². The molecule has 0 radical (unpaired) electrons. The summed E-state index contributed by atoms with van der Waals surface area (Å²) < 4.78 is 5.77. The van der Waals surface area contributed by atoms with Crippen LogP contribution in [0.5, 0.6) is 11.8 Å². The Morgan fingerprint density at radius 2 is 2.10 bits per heavy atom. The normalized spacial score (nSPS) is 10.6. The topological polar surface area (TPSA) is 75.7 Å². The van der Waals surface area contributed by atoms with Crippen LogP contribution < -0.4 is 10.1 Å². The Bertz CT molecular complexity index is 552. The average molecular weight is 275 g/mol. The van der Waals surface area contributed by atoms with Gasteiger partial charge in [0.15, 0.2) is 0 Å². The van der Waals surface area contributed by atoms with Gasteiger partial charge in [-0.1, -0.05) is 20.3 Å². The molecule has 0 aliphatic carbocycles. The molecule has 20 heavy (non-hydrogen) atoms. The van der Waals surface area contributed by atoms with E-state index in [1.165, 1.54) is 6.33 Å². The molecular formula is C14H21N5O. The molecule has 0 saturated carbocycles. The summed E-state index contributed by atoms with van der Waals surface area (Å²) in [6, 6.07) is 1.84. The fourth-order valence-corrected chi connectivity index (χ4v) is 1.90. The second-order valence-electron chi connectivity index (χ2n) is 4.67. The Labute approximate surface area is 119 Å². The summed E-state index contributed by atoms with van der Waals surface area (Å²) in [5.41, 5.74) is 1.96. The van der Waals surface area contributed by atoms with Gasteiger partial charge in [0, 0.05) is 18.3 Å². The third-order valence-electron chi connectivity index (χ3n) is 2.83. The molecule has 0 aliphatic rings. The second-order valence-corrected chi connectivity index (χ2v) is 4.67. The lowest BCUT2D eigenvalue weighted by Gasteiger charge is -2.12. The molecule has 2 aromatic rings. The Kier molecular flexibility index (Phi) is 4.92. The van der Waals surface area contributed by atoms with Crippen molar-refractivity contribution in [3.05, 3.63) is 23.7 Å². The van der Waals surface area contributed by atoms with Gasteiger partial charge in [0.05, 0.1) is 5.56 Å². The number of aryl methyl sites for hydroxylation is 1. The summed E-state index contributed by atoms with van der Waals surface area (Å²) in [6.45, 7) is 7.06. The number of hydrogen-bond donors (Lipinski definition) is 2. The fourth-order valence-electron chi connectivity index (χ4n) is 1.90. The van der Waals surface area contributed by atoms with Gasteiger partial charge in [-0.05, 0) is 19.8 Å². The van der Waals surface area contributed by atoms with E-state index in [1.807, 2.05) is 13.0 Å². The summed E-state index contributed by atoms with van der Waals surface area (Å²) in [5, 5.41) is 10.3. The zero-order chi connectivity index (χ0) is 14.4. The molecule has 6 heteroatoms. The Balaban J connectivity index is 2.25. The van der Waals surface area contributed by atoms with Gasteiger partial charge in [0.2, 0.25) is 11.8 Å². The van der Waals surface area contributed by atoms with E-state index in [0.717, 1.165) is 42.9 Å². The number of H-pyrrole nitrogens is 1. The predicted molar refractivity (Wildman–Crippen MR) is 78.2 cm³/mol. The molecule has 0 spiro atoms. The van der Waals surface area contributed by atoms with Crippen molar-refractivity contribution in [1.82, 2.24) is 20.2 Å². The largest absolute Gasteiger partial charge is 0.419 e. The number of aromatic nitrogens is 4. The smallest absolute Gasteiger partial charge is 0.240 e. The van der Waals surface area contributed by atoms with Crippen LogP contribution in [0.2, 0.25) is 0 Å². The van der Waals surface area contributed by atoms with Crippen LogP contribution in [0.4, 0.5) is 5.82 Å². The molecule has 2 aromatic heterocycles. The van der Waals surface area contributed by atoms with Crippen molar-refractivity contribution in [3.63, 3.8) is 0 Å². The maximum Gasteiger partial charge on any atom is 0.240 e. The van der Waals surface area contributed by atoms with Gasteiger partial charge >= 0.3 is 0 Å². The second kappa shape index (κ2) is 6.88. The van der Waals surface area contributed by atoms with Gasteiger partial charge in [0.1, 0.15) is 12.1 Å². The molecule has 0 amide bonds. The van der Waals surface area contributed by atoms with Crippen molar-refractivity contribution >= 4 is 5.82 Å². The quantitative estimate of drug-likeness (QED) is 0.812. The highest BCUT2D eigenvalue weighted by molar-refractivity contribution is 5.49. The van der Waals surface area contributed by atoms with Gasteiger partial charge < -0.3 is 10.1 Å². The lowest BCUT2D eigenvalue weighted by atomic mass is 10.1. The van der Waals surface area contributed by atoms with Crippen LogP contribution >= 0.6 is 0 Å². The minimum atomic E-state index is 0.528. The number of hydrogen-bond acceptors (Lipinski definition) is 5. The Morgan fingerprint density at radius 3 is 2.75 bits per heavy atom. The lowest BCUT2D eigenvalue weighted by molar-refractivity contribution is 0.436. The van der Waals surface area contributed by atoms with Gasteiger partial charge in [-0.2, -0.15) is 0 Å². The van der Waals surface area contributed by atoms with Crippen molar-refractivity contribution in [2.75, 3.05) is 11.9 Å². The molecule has 6 nitrogen and oxygen atoms in total. The molecule has 0 atom stereocenters. The summed E-state index contributed by atoms with van der Waals surface area (Å²) in [4.78, 5) is 8.56. The molecule has 0 bridgehead atoms. The molecule has 0 fully saturated rings. The van der Waals surface area contributed by atoms with Crippen molar-refractivity contribution in [2.45, 2.75) is 40.0 Å². The average Bonchev–Trinajstić information content (AvgIpc) is 2.85. The first-order valence-electron chi connectivity index (χ1n) is 7.02. The van der Waals surface area contributed by atoms with Crippen molar-refractivity contribution in [1.29, 1.82) is 0 Å². The number of rotatable bonds is 7. The standard InChI is InChI=1S/C14H21N5O/c1-4-6-11-13(15-7-5-2)16-9-17-14(11)20-12-8-10(3)18-19-12/h8-9H,4-7H2,1-3H3,(H,18,19)(H,15,16,17). The molecule has 0 saturated heterocycles. The van der Waals surface area contributed by atoms with Crippen molar-refractivity contribution < 1.29 is 4.74 Å². The molecule has 0 aliphatic heterocycles. The molecule has 2 rings (SSSR count). The van der Waals surface area contributed by atoms with Crippen molar-refractivity contribution in [3.8, 4) is 11.8 Å². The number of nitrogens with one attached hydrogen (secondary N) is 2. The zero-order valence-electron chi connectivity index (χ0n) is 12.2. The van der Waals surface area contributed by atoms with Gasteiger partial charge in [-0.25, -0.2) is 9.97 Å². The van der Waals surface area contributed by atoms with E-state index in [-0.39, 0.29) is 0 Å². The summed E-state index contributed by atoms with van der Waals surface area (Å²) >= 11 is 0. The van der Waals surface area contributed by atoms with E-state index in [9.17, 15) is 0 Å². The van der Waals surface area contributed by atoms with Crippen molar-refractivity contribution in [2.24, 2.45) is 0 Å². The van der Waals surface area contributed by atoms with E-state index in [4.69, 9.17) is 4.74 Å². The summed E-state index contributed by atoms with van der Waals surface area (Å²) in [6.07, 6.45) is 4.44. The van der Waals surface area contributed by atoms with Crippen LogP contribution in [0.25, 0.3) is 0 Å². The summed E-state index contributed by atoms with van der Waals surface area (Å²) in [5.74, 6) is 1.96. The Morgan fingerprint density at radius 1 is 1.25 bits per heavy atom. The zero-order valence-corrected chi connectivity index (χ0v) is 12.2. The SMILES string of the molecule is CCCNc1ncnc(Oc2cc(C)[nH]n2)c1CCC. The predicted octanol–water partition coefficient (Wildman–Crippen LogP) is 3.07. The summed E-state index contributed by atoms with van der Waals surface area (Å²) in [7, 11) is 0. The number of aromatic amines is 1. The van der Waals surface area contributed by atoms with Gasteiger partial charge in [-0.3, -0.25) is 5.10 Å². The third-order valence-corrected chi connectivity index (χ3v) is 2.83. The Hall–Kier alpha value is -2.11. The van der Waals surface area contributed by atoms with Crippen LogP contribution in [0.1, 0.15) is 37.9 Å². The first-order valence-corrected chi connectivity index (χ1v) is 7.02. The highest BCUT2D eigenvalue weighted by atomic mass is 16.5. The highest BCUT2D eigenvalue weighted by Gasteiger charge is 2.13. The number of ether oxygens (including phenoxy) is 1. The lowest BCUT2D eigenvalue weighted by Crippen LogP contribution is -2.07. The molecule has 108 valence electrons. The number of nitrogens with zero attached hydrogens (tertiary/aromatic N) is 3. The van der Waals surface area contributed by atoms with Crippen LogP contribution in [-0.4, -0.2) is 26.7 Å². The minimum Gasteiger partial charge on any atom is -0.419 e. The molecule has 2 heterocycles. The van der Waals surface area contributed by atoms with E-state index in [2.05, 4.69) is 39.3 Å². The molecule has 0 unspecified atom stereocenters. The molecule has 2 N–H and O–H groups in total. The van der Waals surface area contributed by atoms with Crippen LogP contribution in [0.3, 0.4) is 0 Å². The third kappa shape index (κ3) is 3.46. The molecule has 0 aromatic carbocycles. The van der Waals surface area contributed by atoms with E-state index >= 15 is 0 Å². The van der Waals surface area contributed by atoms with Crippen LogP contribution in [0, 0.1) is 6.92 Å². The fraction of sp³-hybridized carbons (Fsp3) is 0.500. The number of anilines is 1. The molecular weight excluding hydrogens is 254 g/mol. The van der Waals surface area contributed by atoms with Crippen LogP contribution in [0.15, 0.2) is 12.4 Å². The van der Waals surface area contributed by atoms with E-state index < -0.39 is 0 Å². The van der Waals surface area contributed by atoms with Crippen LogP contribution in [-0.2, 0) is 6.42 Å². The van der Waals surface area contributed by atoms with E-state index in [0.29, 0.717) is 11.8 Å². The first kappa shape index (κ1) is 14.3. The first-order chi connectivity index (χ1) is 9.74.